The van der Waals surface area contributed by atoms with Gasteiger partial charge in [-0.25, -0.2) is 4.99 Å². The Morgan fingerprint density at radius 3 is 2.62 bits per heavy atom. The number of rotatable bonds is 7. The number of carbonyl (C=O) groups excluding carboxylic acids is 1. The van der Waals surface area contributed by atoms with Gasteiger partial charge < -0.3 is 15.5 Å². The number of amides is 1. The average molecular weight is 397 g/mol. The third kappa shape index (κ3) is 6.62. The third-order valence-corrected chi connectivity index (χ3v) is 5.27. The molecule has 1 aliphatic rings. The summed E-state index contributed by atoms with van der Waals surface area (Å²) < 4.78 is 1.91. The lowest BCUT2D eigenvalue weighted by Crippen LogP contribution is -2.47. The first-order valence-corrected chi connectivity index (χ1v) is 10.4. The lowest BCUT2D eigenvalue weighted by atomic mass is 9.96. The molecule has 0 unspecified atom stereocenters. The lowest BCUT2D eigenvalue weighted by molar-refractivity contribution is -0.127. The van der Waals surface area contributed by atoms with Crippen LogP contribution in [0.15, 0.2) is 47.7 Å². The quantitative estimate of drug-likeness (QED) is 0.557. The second kappa shape index (κ2) is 10.6. The van der Waals surface area contributed by atoms with Gasteiger partial charge in [-0.1, -0.05) is 43.5 Å². The van der Waals surface area contributed by atoms with Gasteiger partial charge in [-0.3, -0.25) is 9.48 Å². The van der Waals surface area contributed by atoms with E-state index in [9.17, 15) is 4.79 Å². The van der Waals surface area contributed by atoms with Crippen molar-refractivity contribution in [1.29, 1.82) is 0 Å². The summed E-state index contributed by atoms with van der Waals surface area (Å²) in [6.45, 7) is 1.51. The molecule has 156 valence electrons. The van der Waals surface area contributed by atoms with Crippen LogP contribution in [0.1, 0.15) is 43.2 Å². The van der Waals surface area contributed by atoms with Gasteiger partial charge in [-0.05, 0) is 30.0 Å². The number of benzene rings is 1. The van der Waals surface area contributed by atoms with Crippen molar-refractivity contribution >= 4 is 11.9 Å². The van der Waals surface area contributed by atoms with E-state index in [4.69, 9.17) is 4.99 Å². The van der Waals surface area contributed by atoms with Gasteiger partial charge in [-0.15, -0.1) is 0 Å². The Morgan fingerprint density at radius 2 is 1.93 bits per heavy atom. The predicted molar refractivity (Wildman–Crippen MR) is 116 cm³/mol. The van der Waals surface area contributed by atoms with Crippen molar-refractivity contribution in [2.75, 3.05) is 20.6 Å². The van der Waals surface area contributed by atoms with Gasteiger partial charge in [0.15, 0.2) is 5.96 Å². The van der Waals surface area contributed by atoms with Crippen molar-refractivity contribution in [2.45, 2.75) is 51.2 Å². The molecule has 0 saturated heterocycles. The zero-order valence-corrected chi connectivity index (χ0v) is 17.5. The van der Waals surface area contributed by atoms with Gasteiger partial charge in [-0.2, -0.15) is 5.10 Å². The standard InChI is InChI=1S/C22H32N6O/c1-27(2)21(29)16-24-22(26-20-11-4-3-5-12-20)23-15-18-9-6-7-10-19(18)17-28-14-8-13-25-28/h6-10,13-14,20H,3-5,11-12,15-17H2,1-2H3,(H2,23,24,26). The summed E-state index contributed by atoms with van der Waals surface area (Å²) in [4.78, 5) is 18.4. The Balaban J connectivity index is 1.70. The molecule has 3 rings (SSSR count). The fourth-order valence-electron chi connectivity index (χ4n) is 3.51. The van der Waals surface area contributed by atoms with Crippen LogP contribution in [0.5, 0.6) is 0 Å². The van der Waals surface area contributed by atoms with Crippen LogP contribution in [0.3, 0.4) is 0 Å². The highest BCUT2D eigenvalue weighted by Gasteiger charge is 2.15. The van der Waals surface area contributed by atoms with Crippen LogP contribution in [-0.4, -0.2) is 53.2 Å². The van der Waals surface area contributed by atoms with E-state index in [1.54, 1.807) is 25.2 Å². The highest BCUT2D eigenvalue weighted by atomic mass is 16.2. The number of hydrogen-bond donors (Lipinski definition) is 2. The Kier molecular flexibility index (Phi) is 7.67. The molecule has 1 saturated carbocycles. The molecule has 1 aliphatic carbocycles. The van der Waals surface area contributed by atoms with Crippen LogP contribution in [-0.2, 0) is 17.9 Å². The predicted octanol–water partition coefficient (Wildman–Crippen LogP) is 2.39. The van der Waals surface area contributed by atoms with Crippen LogP contribution in [0.25, 0.3) is 0 Å². The fraction of sp³-hybridized carbons (Fsp3) is 0.500. The fourth-order valence-corrected chi connectivity index (χ4v) is 3.51. The van der Waals surface area contributed by atoms with Crippen molar-refractivity contribution in [3.63, 3.8) is 0 Å². The summed E-state index contributed by atoms with van der Waals surface area (Å²) in [5, 5.41) is 11.1. The lowest BCUT2D eigenvalue weighted by Gasteiger charge is -2.25. The molecule has 1 heterocycles. The first-order valence-electron chi connectivity index (χ1n) is 10.4. The summed E-state index contributed by atoms with van der Waals surface area (Å²) >= 11 is 0. The first-order chi connectivity index (χ1) is 14.1. The second-order valence-corrected chi connectivity index (χ2v) is 7.76. The normalized spacial score (nSPS) is 15.2. The maximum atomic E-state index is 12.0. The molecule has 2 aromatic rings. The van der Waals surface area contributed by atoms with E-state index < -0.39 is 0 Å². The highest BCUT2D eigenvalue weighted by molar-refractivity contribution is 5.86. The van der Waals surface area contributed by atoms with Crippen LogP contribution in [0.2, 0.25) is 0 Å². The Morgan fingerprint density at radius 1 is 1.17 bits per heavy atom. The maximum absolute atomic E-state index is 12.0. The number of guanidine groups is 1. The van der Waals surface area contributed by atoms with Gasteiger partial charge in [0.2, 0.25) is 5.91 Å². The van der Waals surface area contributed by atoms with E-state index in [1.165, 1.54) is 24.8 Å². The van der Waals surface area contributed by atoms with Crippen LogP contribution < -0.4 is 10.6 Å². The minimum atomic E-state index is 0.0298. The molecule has 1 aromatic carbocycles. The average Bonchev–Trinajstić information content (AvgIpc) is 3.24. The van der Waals surface area contributed by atoms with Gasteiger partial charge in [0, 0.05) is 32.5 Å². The topological polar surface area (TPSA) is 74.5 Å². The van der Waals surface area contributed by atoms with Crippen LogP contribution in [0.4, 0.5) is 0 Å². The van der Waals surface area contributed by atoms with E-state index in [0.717, 1.165) is 24.9 Å². The molecule has 0 aliphatic heterocycles. The molecule has 0 bridgehead atoms. The number of aromatic nitrogens is 2. The van der Waals surface area contributed by atoms with Gasteiger partial charge in [0.1, 0.15) is 0 Å². The third-order valence-electron chi connectivity index (χ3n) is 5.27. The van der Waals surface area contributed by atoms with E-state index in [2.05, 4.69) is 27.9 Å². The SMILES string of the molecule is CN(C)C(=O)CNC(=NCc1ccccc1Cn1cccn1)NC1CCCCC1. The maximum Gasteiger partial charge on any atom is 0.241 e. The molecular formula is C22H32N6O. The number of aliphatic imine (C=N–C) groups is 1. The zero-order valence-electron chi connectivity index (χ0n) is 17.5. The second-order valence-electron chi connectivity index (χ2n) is 7.76. The van der Waals surface area contributed by atoms with E-state index in [-0.39, 0.29) is 12.5 Å². The Labute approximate surface area is 173 Å². The van der Waals surface area contributed by atoms with Crippen molar-refractivity contribution in [1.82, 2.24) is 25.3 Å². The largest absolute Gasteiger partial charge is 0.354 e. The van der Waals surface area contributed by atoms with Gasteiger partial charge in [0.25, 0.3) is 0 Å². The van der Waals surface area contributed by atoms with E-state index in [0.29, 0.717) is 18.5 Å². The molecule has 0 atom stereocenters. The zero-order chi connectivity index (χ0) is 20.5. The molecule has 7 heteroatoms. The summed E-state index contributed by atoms with van der Waals surface area (Å²) in [6, 6.07) is 10.6. The summed E-state index contributed by atoms with van der Waals surface area (Å²) in [7, 11) is 3.53. The molecule has 29 heavy (non-hydrogen) atoms. The van der Waals surface area contributed by atoms with Crippen LogP contribution in [0, 0.1) is 0 Å². The molecule has 2 N–H and O–H groups in total. The Hall–Kier alpha value is -2.83. The summed E-state index contributed by atoms with van der Waals surface area (Å²) in [5.74, 6) is 0.739. The van der Waals surface area contributed by atoms with E-state index >= 15 is 0 Å². The number of likely N-dealkylation sites (N-methyl/N-ethyl adjacent to an activating group) is 1. The van der Waals surface area contributed by atoms with Crippen molar-refractivity contribution in [2.24, 2.45) is 4.99 Å². The molecule has 1 fully saturated rings. The minimum Gasteiger partial charge on any atom is -0.354 e. The molecular weight excluding hydrogens is 364 g/mol. The van der Waals surface area contributed by atoms with Crippen molar-refractivity contribution in [3.05, 3.63) is 53.9 Å². The molecule has 0 spiro atoms. The smallest absolute Gasteiger partial charge is 0.241 e. The van der Waals surface area contributed by atoms with E-state index in [1.807, 2.05) is 29.1 Å². The number of nitrogens with zero attached hydrogens (tertiary/aromatic N) is 4. The number of nitrogens with one attached hydrogen (secondary N) is 2. The van der Waals surface area contributed by atoms with Gasteiger partial charge in [0.05, 0.1) is 19.6 Å². The van der Waals surface area contributed by atoms with Gasteiger partial charge >= 0.3 is 0 Å². The number of hydrogen-bond acceptors (Lipinski definition) is 3. The molecule has 1 aromatic heterocycles. The molecule has 0 radical (unpaired) electrons. The number of carbonyl (C=O) groups is 1. The Bertz CT molecular complexity index is 793. The summed E-state index contributed by atoms with van der Waals surface area (Å²) in [6.07, 6.45) is 9.85. The molecule has 7 nitrogen and oxygen atoms in total. The monoisotopic (exact) mass is 396 g/mol. The van der Waals surface area contributed by atoms with Crippen molar-refractivity contribution in [3.8, 4) is 0 Å². The van der Waals surface area contributed by atoms with Crippen LogP contribution >= 0.6 is 0 Å². The molecule has 1 amide bonds. The van der Waals surface area contributed by atoms with Crippen molar-refractivity contribution < 1.29 is 4.79 Å². The highest BCUT2D eigenvalue weighted by Crippen LogP contribution is 2.17. The first kappa shape index (κ1) is 20.9. The summed E-state index contributed by atoms with van der Waals surface area (Å²) in [5.41, 5.74) is 2.35. The minimum absolute atomic E-state index is 0.0298.